The van der Waals surface area contributed by atoms with E-state index in [9.17, 15) is 14.4 Å². The third-order valence-electron chi connectivity index (χ3n) is 4.59. The van der Waals surface area contributed by atoms with Crippen molar-refractivity contribution in [2.75, 3.05) is 30.9 Å². The Balaban J connectivity index is 1.97. The predicted octanol–water partition coefficient (Wildman–Crippen LogP) is 2.60. The van der Waals surface area contributed by atoms with E-state index in [2.05, 4.69) is 10.6 Å². The summed E-state index contributed by atoms with van der Waals surface area (Å²) in [4.78, 5) is 41.0. The molecule has 0 aromatic heterocycles. The van der Waals surface area contributed by atoms with Crippen LogP contribution in [0.1, 0.15) is 40.5 Å². The molecule has 0 aliphatic carbocycles. The van der Waals surface area contributed by atoms with Crippen molar-refractivity contribution in [1.29, 1.82) is 0 Å². The Bertz CT molecular complexity index is 740. The van der Waals surface area contributed by atoms with Gasteiger partial charge in [0.2, 0.25) is 11.8 Å². The van der Waals surface area contributed by atoms with Gasteiger partial charge in [-0.25, -0.2) is 4.79 Å². The van der Waals surface area contributed by atoms with Gasteiger partial charge in [-0.15, -0.1) is 0 Å². The Morgan fingerprint density at radius 1 is 1.17 bits per heavy atom. The van der Waals surface area contributed by atoms with Gasteiger partial charge >= 0.3 is 6.09 Å². The van der Waals surface area contributed by atoms with Crippen molar-refractivity contribution >= 4 is 29.3 Å². The van der Waals surface area contributed by atoms with Crippen molar-refractivity contribution in [2.45, 2.75) is 58.2 Å². The van der Waals surface area contributed by atoms with E-state index in [0.717, 1.165) is 12.1 Å². The molecule has 2 rings (SSSR count). The Morgan fingerprint density at radius 2 is 1.79 bits per heavy atom. The number of anilines is 2. The summed E-state index contributed by atoms with van der Waals surface area (Å²) in [5, 5.41) is 5.43. The monoisotopic (exact) mass is 404 g/mol. The van der Waals surface area contributed by atoms with Crippen LogP contribution in [-0.4, -0.2) is 61.1 Å². The largest absolute Gasteiger partial charge is 0.444 e. The minimum atomic E-state index is -0.780. The molecule has 0 radical (unpaired) electrons. The summed E-state index contributed by atoms with van der Waals surface area (Å²) in [5.41, 5.74) is 1.06. The van der Waals surface area contributed by atoms with E-state index in [-0.39, 0.29) is 11.8 Å². The summed E-state index contributed by atoms with van der Waals surface area (Å²) in [6.07, 6.45) is 0.675. The number of amides is 3. The zero-order valence-electron chi connectivity index (χ0n) is 18.1. The second kappa shape index (κ2) is 9.15. The van der Waals surface area contributed by atoms with Crippen LogP contribution in [-0.2, 0) is 14.3 Å². The van der Waals surface area contributed by atoms with Crippen molar-refractivity contribution in [3.8, 4) is 0 Å². The maximum Gasteiger partial charge on any atom is 0.408 e. The van der Waals surface area contributed by atoms with Gasteiger partial charge in [-0.1, -0.05) is 0 Å². The van der Waals surface area contributed by atoms with Crippen LogP contribution in [0, 0.1) is 0 Å². The molecular formula is C21H32N4O4. The lowest BCUT2D eigenvalue weighted by Gasteiger charge is -2.28. The average Bonchev–Trinajstić information content (AvgIpc) is 3.09. The number of hydrogen-bond acceptors (Lipinski definition) is 5. The molecule has 1 aromatic rings. The summed E-state index contributed by atoms with van der Waals surface area (Å²) in [6, 6.07) is 6.17. The van der Waals surface area contributed by atoms with Gasteiger partial charge in [0.15, 0.2) is 0 Å². The second-order valence-electron chi connectivity index (χ2n) is 8.49. The molecule has 2 atom stereocenters. The number of alkyl carbamates (subject to hydrolysis) is 1. The van der Waals surface area contributed by atoms with Crippen LogP contribution in [0.25, 0.3) is 0 Å². The highest BCUT2D eigenvalue weighted by molar-refractivity contribution is 5.98. The Morgan fingerprint density at radius 3 is 2.34 bits per heavy atom. The van der Waals surface area contributed by atoms with Gasteiger partial charge in [-0.05, 0) is 64.8 Å². The maximum atomic E-state index is 12.8. The minimum Gasteiger partial charge on any atom is -0.444 e. The molecule has 1 heterocycles. The highest BCUT2D eigenvalue weighted by atomic mass is 16.6. The van der Waals surface area contributed by atoms with Crippen molar-refractivity contribution < 1.29 is 19.1 Å². The van der Waals surface area contributed by atoms with Crippen molar-refractivity contribution in [1.82, 2.24) is 10.2 Å². The van der Waals surface area contributed by atoms with Gasteiger partial charge < -0.3 is 25.2 Å². The van der Waals surface area contributed by atoms with Gasteiger partial charge in [-0.2, -0.15) is 0 Å². The van der Waals surface area contributed by atoms with E-state index in [0.29, 0.717) is 18.7 Å². The van der Waals surface area contributed by atoms with Crippen molar-refractivity contribution in [3.63, 3.8) is 0 Å². The Hall–Kier alpha value is -2.77. The molecule has 1 aromatic carbocycles. The molecule has 0 bridgehead atoms. The molecule has 0 spiro atoms. The van der Waals surface area contributed by atoms with E-state index in [1.807, 2.05) is 43.3 Å². The summed E-state index contributed by atoms with van der Waals surface area (Å²) in [5.74, 6) is -0.519. The first-order valence-corrected chi connectivity index (χ1v) is 9.86. The molecule has 2 N–H and O–H groups in total. The van der Waals surface area contributed by atoms with Gasteiger partial charge in [-0.3, -0.25) is 9.59 Å². The topological polar surface area (TPSA) is 91.0 Å². The molecule has 8 nitrogen and oxygen atoms in total. The summed E-state index contributed by atoms with van der Waals surface area (Å²) in [7, 11) is 3.89. The summed E-state index contributed by atoms with van der Waals surface area (Å²) in [6.45, 7) is 7.34. The predicted molar refractivity (Wildman–Crippen MR) is 113 cm³/mol. The van der Waals surface area contributed by atoms with E-state index < -0.39 is 23.8 Å². The lowest BCUT2D eigenvalue weighted by Crippen LogP contribution is -2.52. The fraction of sp³-hybridized carbons (Fsp3) is 0.571. The third kappa shape index (κ3) is 6.37. The van der Waals surface area contributed by atoms with E-state index in [4.69, 9.17) is 4.74 Å². The molecular weight excluding hydrogens is 372 g/mol. The zero-order valence-corrected chi connectivity index (χ0v) is 18.1. The lowest BCUT2D eigenvalue weighted by molar-refractivity contribution is -0.138. The van der Waals surface area contributed by atoms with Crippen LogP contribution in [0.4, 0.5) is 16.2 Å². The molecule has 29 heavy (non-hydrogen) atoms. The van der Waals surface area contributed by atoms with Crippen LogP contribution in [0.5, 0.6) is 0 Å². The second-order valence-corrected chi connectivity index (χ2v) is 8.49. The standard InChI is InChI=1S/C21H32N4O4/c1-14(22-20(28)29-21(2,3)4)19(27)25-13-7-8-17(25)18(26)23-15-9-11-16(12-10-15)24(5)6/h9-12,14,17H,7-8,13H2,1-6H3,(H,22,28)(H,23,26)/t14-,17-/m0/s1. The van der Waals surface area contributed by atoms with Gasteiger partial charge in [0, 0.05) is 32.0 Å². The van der Waals surface area contributed by atoms with Crippen LogP contribution >= 0.6 is 0 Å². The Labute approximate surface area is 172 Å². The SMILES string of the molecule is C[C@H](NC(=O)OC(C)(C)C)C(=O)N1CCC[C@H]1C(=O)Nc1ccc(N(C)C)cc1. The number of rotatable bonds is 5. The van der Waals surface area contributed by atoms with E-state index in [1.165, 1.54) is 4.90 Å². The van der Waals surface area contributed by atoms with Crippen molar-refractivity contribution in [2.24, 2.45) is 0 Å². The fourth-order valence-electron chi connectivity index (χ4n) is 3.17. The fourth-order valence-corrected chi connectivity index (χ4v) is 3.17. The van der Waals surface area contributed by atoms with E-state index >= 15 is 0 Å². The number of carbonyl (C=O) groups is 3. The molecule has 3 amide bonds. The minimum absolute atomic E-state index is 0.224. The van der Waals surface area contributed by atoms with Crippen LogP contribution in [0.2, 0.25) is 0 Å². The molecule has 0 saturated carbocycles. The molecule has 1 fully saturated rings. The Kier molecular flexibility index (Phi) is 7.11. The van der Waals surface area contributed by atoms with Crippen LogP contribution in [0.3, 0.4) is 0 Å². The number of ether oxygens (including phenoxy) is 1. The highest BCUT2D eigenvalue weighted by Gasteiger charge is 2.36. The lowest BCUT2D eigenvalue weighted by atomic mass is 10.1. The third-order valence-corrected chi connectivity index (χ3v) is 4.59. The van der Waals surface area contributed by atoms with Gasteiger partial charge in [0.25, 0.3) is 0 Å². The zero-order chi connectivity index (χ0) is 21.8. The van der Waals surface area contributed by atoms with Crippen LogP contribution < -0.4 is 15.5 Å². The maximum absolute atomic E-state index is 12.8. The number of hydrogen-bond donors (Lipinski definition) is 2. The highest BCUT2D eigenvalue weighted by Crippen LogP contribution is 2.21. The molecule has 160 valence electrons. The van der Waals surface area contributed by atoms with Crippen molar-refractivity contribution in [3.05, 3.63) is 24.3 Å². The number of nitrogens with one attached hydrogen (secondary N) is 2. The first kappa shape index (κ1) is 22.5. The number of benzene rings is 1. The summed E-state index contributed by atoms with van der Waals surface area (Å²) >= 11 is 0. The molecule has 1 aliphatic rings. The van der Waals surface area contributed by atoms with Gasteiger partial charge in [0.1, 0.15) is 17.7 Å². The number of likely N-dealkylation sites (tertiary alicyclic amines) is 1. The normalized spacial score (nSPS) is 17.4. The first-order valence-electron chi connectivity index (χ1n) is 9.86. The van der Waals surface area contributed by atoms with E-state index in [1.54, 1.807) is 27.7 Å². The molecule has 1 aliphatic heterocycles. The van der Waals surface area contributed by atoms with Gasteiger partial charge in [0.05, 0.1) is 0 Å². The number of carbonyl (C=O) groups excluding carboxylic acids is 3. The smallest absolute Gasteiger partial charge is 0.408 e. The molecule has 8 heteroatoms. The summed E-state index contributed by atoms with van der Waals surface area (Å²) < 4.78 is 5.20. The number of nitrogens with zero attached hydrogens (tertiary/aromatic N) is 2. The molecule has 0 unspecified atom stereocenters. The average molecular weight is 405 g/mol. The van der Waals surface area contributed by atoms with Crippen LogP contribution in [0.15, 0.2) is 24.3 Å². The molecule has 1 saturated heterocycles. The quantitative estimate of drug-likeness (QED) is 0.787. The first-order chi connectivity index (χ1) is 13.5.